The first-order valence-corrected chi connectivity index (χ1v) is 11.5. The molecule has 12 nitrogen and oxygen atoms in total. The summed E-state index contributed by atoms with van der Waals surface area (Å²) in [7, 11) is 0. The smallest absolute Gasteiger partial charge is 0.318 e. The second kappa shape index (κ2) is 17.4. The van der Waals surface area contributed by atoms with Crippen molar-refractivity contribution in [2.45, 2.75) is 28.2 Å². The van der Waals surface area contributed by atoms with Gasteiger partial charge in [-0.05, 0) is 30.3 Å². The average molecular weight is 618 g/mol. The van der Waals surface area contributed by atoms with E-state index in [9.17, 15) is 34.6 Å². The van der Waals surface area contributed by atoms with Crippen molar-refractivity contribution >= 4 is 64.1 Å². The fourth-order valence-electron chi connectivity index (χ4n) is 2.43. The van der Waals surface area contributed by atoms with E-state index in [1.54, 1.807) is 12.1 Å². The first kappa shape index (κ1) is 35.7. The van der Waals surface area contributed by atoms with Crippen LogP contribution in [0.1, 0.15) is 28.2 Å². The molecule has 0 saturated carbocycles. The van der Waals surface area contributed by atoms with E-state index in [-0.39, 0.29) is 34.9 Å². The molecule has 0 saturated heterocycles. The van der Waals surface area contributed by atoms with Crippen molar-refractivity contribution in [1.82, 2.24) is 0 Å². The Morgan fingerprint density at radius 2 is 1.20 bits per heavy atom. The van der Waals surface area contributed by atoms with Gasteiger partial charge in [0.25, 0.3) is 5.69 Å². The van der Waals surface area contributed by atoms with E-state index in [1.807, 2.05) is 18.2 Å². The third-order valence-corrected chi connectivity index (χ3v) is 4.60. The molecule has 0 bridgehead atoms. The van der Waals surface area contributed by atoms with Gasteiger partial charge < -0.3 is 14.2 Å². The van der Waals surface area contributed by atoms with Crippen molar-refractivity contribution < 1.29 is 38.4 Å². The number of hydrogen-bond acceptors (Lipinski definition) is 10. The molecule has 0 spiro atoms. The molecule has 0 fully saturated rings. The van der Waals surface area contributed by atoms with Gasteiger partial charge in [-0.25, -0.2) is 0 Å². The van der Waals surface area contributed by atoms with Crippen molar-refractivity contribution in [2.75, 3.05) is 0 Å². The highest BCUT2D eigenvalue weighted by atomic mass is 35.5. The lowest BCUT2D eigenvalue weighted by Gasteiger charge is -2.05. The number of carbonyl (C=O) groups excluding carboxylic acids is 3. The summed E-state index contributed by atoms with van der Waals surface area (Å²) in [6, 6.07) is 14.6. The molecule has 3 aromatic carbocycles. The number of carbonyl (C=O) groups is 3. The van der Waals surface area contributed by atoms with E-state index in [2.05, 4.69) is 4.74 Å². The third kappa shape index (κ3) is 13.0. The highest BCUT2D eigenvalue weighted by molar-refractivity contribution is 6.40. The minimum absolute atomic E-state index is 0. The fraction of sp³-hybridized carbons (Fsp3) is 0.160. The number of rotatable bonds is 5. The maximum Gasteiger partial charge on any atom is 0.318 e. The third-order valence-electron chi connectivity index (χ3n) is 3.82. The number of esters is 3. The van der Waals surface area contributed by atoms with Crippen molar-refractivity contribution in [3.8, 4) is 17.2 Å². The van der Waals surface area contributed by atoms with Crippen molar-refractivity contribution in [3.05, 3.63) is 96.0 Å². The van der Waals surface area contributed by atoms with Gasteiger partial charge in [0.1, 0.15) is 5.75 Å². The molecular formula is C25H23Cl3N2O10. The Bertz CT molecular complexity index is 1350. The number of non-ortho nitro benzene ring substituents is 1. The second-order valence-electron chi connectivity index (χ2n) is 6.96. The summed E-state index contributed by atoms with van der Waals surface area (Å²) in [5, 5.41) is 21.8. The van der Waals surface area contributed by atoms with E-state index < -0.39 is 33.2 Å². The molecule has 0 atom stereocenters. The van der Waals surface area contributed by atoms with Crippen LogP contribution in [0.3, 0.4) is 0 Å². The molecule has 40 heavy (non-hydrogen) atoms. The molecule has 0 N–H and O–H groups in total. The molecule has 0 unspecified atom stereocenters. The van der Waals surface area contributed by atoms with Crippen LogP contribution in [0, 0.1) is 20.2 Å². The quantitative estimate of drug-likeness (QED) is 0.123. The van der Waals surface area contributed by atoms with Crippen LogP contribution in [0.25, 0.3) is 0 Å². The lowest BCUT2D eigenvalue weighted by Crippen LogP contribution is -2.04. The van der Waals surface area contributed by atoms with Crippen molar-refractivity contribution in [2.24, 2.45) is 0 Å². The zero-order valence-electron chi connectivity index (χ0n) is 20.4. The SMILES string of the molecule is C.CC(=O)Oc1c(Cl)cc(Cl)cc1Cl.CC(=O)Oc1ccc([N+](=O)[O-])cc1[N+](=O)[O-].CC(=O)Oc1ccccc1. The lowest BCUT2D eigenvalue weighted by atomic mass is 10.2. The van der Waals surface area contributed by atoms with Crippen molar-refractivity contribution in [1.29, 1.82) is 0 Å². The van der Waals surface area contributed by atoms with Gasteiger partial charge in [-0.1, -0.05) is 60.4 Å². The number of nitro groups is 2. The number of ether oxygens (including phenoxy) is 3. The van der Waals surface area contributed by atoms with Crippen LogP contribution in [-0.2, 0) is 14.4 Å². The summed E-state index contributed by atoms with van der Waals surface area (Å²) in [5.41, 5.74) is -1.06. The van der Waals surface area contributed by atoms with Crippen LogP contribution in [-0.4, -0.2) is 27.8 Å². The maximum absolute atomic E-state index is 10.6. The summed E-state index contributed by atoms with van der Waals surface area (Å²) in [6.07, 6.45) is 0. The monoisotopic (exact) mass is 616 g/mol. The Morgan fingerprint density at radius 3 is 1.62 bits per heavy atom. The Kier molecular flexibility index (Phi) is 15.5. The minimum atomic E-state index is -0.856. The standard InChI is InChI=1S/C8H5Cl3O2.C8H6N2O6.C8H8O2.CH4/c1-4(12)13-8-6(10)2-5(9)3-7(8)11;1-5(11)16-8-3-2-6(9(12)13)4-7(8)10(14)15;1-7(9)10-8-5-3-2-4-6-8;/h2-3H,1H3;2-4H,1H3;2-6H,1H3;1H4. The van der Waals surface area contributed by atoms with Crippen LogP contribution in [0.5, 0.6) is 17.2 Å². The lowest BCUT2D eigenvalue weighted by molar-refractivity contribution is -0.394. The summed E-state index contributed by atoms with van der Waals surface area (Å²) in [5.74, 6) is -1.09. The molecule has 0 heterocycles. The average Bonchev–Trinajstić information content (AvgIpc) is 2.82. The highest BCUT2D eigenvalue weighted by Gasteiger charge is 2.21. The number of halogens is 3. The molecule has 0 aliphatic heterocycles. The summed E-state index contributed by atoms with van der Waals surface area (Å²) in [4.78, 5) is 51.0. The Hall–Kier alpha value is -4.26. The fourth-order valence-corrected chi connectivity index (χ4v) is 3.32. The van der Waals surface area contributed by atoms with Crippen LogP contribution >= 0.6 is 34.8 Å². The molecular weight excluding hydrogens is 595 g/mol. The van der Waals surface area contributed by atoms with Crippen LogP contribution in [0.15, 0.2) is 60.7 Å². The number of nitrogens with zero attached hydrogens (tertiary/aromatic N) is 2. The predicted molar refractivity (Wildman–Crippen MR) is 148 cm³/mol. The van der Waals surface area contributed by atoms with Crippen LogP contribution in [0.4, 0.5) is 11.4 Å². The van der Waals surface area contributed by atoms with Gasteiger partial charge in [0.2, 0.25) is 5.75 Å². The minimum Gasteiger partial charge on any atom is -0.427 e. The van der Waals surface area contributed by atoms with E-state index in [0.717, 1.165) is 25.1 Å². The van der Waals surface area contributed by atoms with Gasteiger partial charge in [-0.15, -0.1) is 0 Å². The zero-order valence-corrected chi connectivity index (χ0v) is 22.7. The molecule has 214 valence electrons. The van der Waals surface area contributed by atoms with Crippen LogP contribution < -0.4 is 14.2 Å². The predicted octanol–water partition coefficient (Wildman–Crippen LogP) is 7.25. The molecule has 0 aliphatic rings. The van der Waals surface area contributed by atoms with E-state index >= 15 is 0 Å². The number of benzene rings is 3. The maximum atomic E-state index is 10.6. The Morgan fingerprint density at radius 1 is 0.700 bits per heavy atom. The number of hydrogen-bond donors (Lipinski definition) is 0. The Balaban J connectivity index is 0.000000578. The van der Waals surface area contributed by atoms with Crippen LogP contribution in [0.2, 0.25) is 15.1 Å². The molecule has 3 rings (SSSR count). The van der Waals surface area contributed by atoms with Gasteiger partial charge >= 0.3 is 23.6 Å². The van der Waals surface area contributed by atoms with Gasteiger partial charge in [0.05, 0.1) is 26.0 Å². The second-order valence-corrected chi connectivity index (χ2v) is 8.21. The van der Waals surface area contributed by atoms with Gasteiger partial charge in [-0.3, -0.25) is 34.6 Å². The summed E-state index contributed by atoms with van der Waals surface area (Å²) in [6.45, 7) is 3.72. The van der Waals surface area contributed by atoms with E-state index in [4.69, 9.17) is 44.3 Å². The first-order chi connectivity index (χ1) is 18.2. The molecule has 0 amide bonds. The molecule has 3 aromatic rings. The van der Waals surface area contributed by atoms with Gasteiger partial charge in [-0.2, -0.15) is 0 Å². The molecule has 0 radical (unpaired) electrons. The Labute approximate surface area is 243 Å². The topological polar surface area (TPSA) is 165 Å². The van der Waals surface area contributed by atoms with Crippen molar-refractivity contribution in [3.63, 3.8) is 0 Å². The largest absolute Gasteiger partial charge is 0.427 e. The summed E-state index contributed by atoms with van der Waals surface area (Å²) < 4.78 is 14.1. The number of para-hydroxylation sites is 1. The van der Waals surface area contributed by atoms with Gasteiger partial charge in [0.15, 0.2) is 5.75 Å². The van der Waals surface area contributed by atoms with Gasteiger partial charge in [0, 0.05) is 31.9 Å². The first-order valence-electron chi connectivity index (χ1n) is 10.4. The highest BCUT2D eigenvalue weighted by Crippen LogP contribution is 2.35. The molecule has 15 heteroatoms. The number of nitro benzene ring substituents is 2. The summed E-state index contributed by atoms with van der Waals surface area (Å²) >= 11 is 17.1. The van der Waals surface area contributed by atoms with E-state index in [0.29, 0.717) is 10.8 Å². The van der Waals surface area contributed by atoms with E-state index in [1.165, 1.54) is 26.0 Å². The zero-order chi connectivity index (χ0) is 29.7. The molecule has 0 aliphatic carbocycles. The molecule has 0 aromatic heterocycles. The normalized spacial score (nSPS) is 9.25.